The molecule has 0 aliphatic carbocycles. The summed E-state index contributed by atoms with van der Waals surface area (Å²) < 4.78 is 28.9. The zero-order valence-electron chi connectivity index (χ0n) is 17.8. The Bertz CT molecular complexity index is 1150. The van der Waals surface area contributed by atoms with Gasteiger partial charge in [-0.1, -0.05) is 29.8 Å². The van der Waals surface area contributed by atoms with Crippen molar-refractivity contribution >= 4 is 21.7 Å². The van der Waals surface area contributed by atoms with Gasteiger partial charge in [0.1, 0.15) is 0 Å². The largest absolute Gasteiger partial charge is 0.337 e. The standard InChI is InChI=1S/C22H27N5O3S/c1-16-7-9-21(10-8-16)31(29,30)24-12-11-23-22(28)25-20-6-4-5-19(14-20)15-27-18(3)13-17(2)26-27/h4-10,13-14,24H,11-12,15H2,1-3H3,(H2,23,25,28). The molecule has 3 aromatic rings. The van der Waals surface area contributed by atoms with Crippen LogP contribution >= 0.6 is 0 Å². The average molecular weight is 442 g/mol. The molecule has 0 atom stereocenters. The van der Waals surface area contributed by atoms with Crippen molar-refractivity contribution in [3.8, 4) is 0 Å². The summed E-state index contributed by atoms with van der Waals surface area (Å²) in [6.07, 6.45) is 0. The summed E-state index contributed by atoms with van der Waals surface area (Å²) in [5.41, 5.74) is 4.67. The van der Waals surface area contributed by atoms with Gasteiger partial charge in [0, 0.05) is 24.5 Å². The van der Waals surface area contributed by atoms with Crippen molar-refractivity contribution in [1.29, 1.82) is 0 Å². The Morgan fingerprint density at radius 3 is 2.42 bits per heavy atom. The molecule has 0 fully saturated rings. The van der Waals surface area contributed by atoms with Crippen LogP contribution in [0.2, 0.25) is 0 Å². The Hall–Kier alpha value is -3.17. The maximum absolute atomic E-state index is 12.2. The minimum absolute atomic E-state index is 0.0849. The van der Waals surface area contributed by atoms with Gasteiger partial charge in [-0.2, -0.15) is 5.10 Å². The molecule has 2 amide bonds. The van der Waals surface area contributed by atoms with Crippen molar-refractivity contribution in [2.75, 3.05) is 18.4 Å². The fourth-order valence-corrected chi connectivity index (χ4v) is 4.12. The molecule has 31 heavy (non-hydrogen) atoms. The average Bonchev–Trinajstić information content (AvgIpc) is 3.02. The van der Waals surface area contributed by atoms with Crippen molar-refractivity contribution in [3.63, 3.8) is 0 Å². The van der Waals surface area contributed by atoms with Crippen LogP contribution in [0.1, 0.15) is 22.5 Å². The molecule has 0 aliphatic heterocycles. The summed E-state index contributed by atoms with van der Waals surface area (Å²) >= 11 is 0. The van der Waals surface area contributed by atoms with E-state index in [1.807, 2.05) is 49.7 Å². The van der Waals surface area contributed by atoms with Crippen molar-refractivity contribution in [2.45, 2.75) is 32.2 Å². The summed E-state index contributed by atoms with van der Waals surface area (Å²) in [7, 11) is -3.60. The number of hydrogen-bond donors (Lipinski definition) is 3. The van der Waals surface area contributed by atoms with E-state index in [4.69, 9.17) is 0 Å². The zero-order chi connectivity index (χ0) is 22.4. The van der Waals surface area contributed by atoms with Gasteiger partial charge in [0.25, 0.3) is 0 Å². The molecule has 3 N–H and O–H groups in total. The lowest BCUT2D eigenvalue weighted by Gasteiger charge is -2.11. The lowest BCUT2D eigenvalue weighted by atomic mass is 10.2. The molecule has 9 heteroatoms. The molecular weight excluding hydrogens is 414 g/mol. The fraction of sp³-hybridized carbons (Fsp3) is 0.273. The molecule has 0 saturated heterocycles. The number of aryl methyl sites for hydroxylation is 3. The Labute approximate surface area is 182 Å². The number of urea groups is 1. The van der Waals surface area contributed by atoms with Crippen molar-refractivity contribution < 1.29 is 13.2 Å². The van der Waals surface area contributed by atoms with Crippen LogP contribution in [0.15, 0.2) is 59.5 Å². The van der Waals surface area contributed by atoms with Gasteiger partial charge >= 0.3 is 6.03 Å². The van der Waals surface area contributed by atoms with Gasteiger partial charge in [0.05, 0.1) is 17.1 Å². The number of hydrogen-bond acceptors (Lipinski definition) is 4. The van der Waals surface area contributed by atoms with E-state index >= 15 is 0 Å². The number of carbonyl (C=O) groups excluding carboxylic acids is 1. The number of anilines is 1. The van der Waals surface area contributed by atoms with Gasteiger partial charge in [0.15, 0.2) is 0 Å². The van der Waals surface area contributed by atoms with E-state index in [2.05, 4.69) is 20.5 Å². The summed E-state index contributed by atoms with van der Waals surface area (Å²) in [6, 6.07) is 15.7. The maximum Gasteiger partial charge on any atom is 0.319 e. The molecule has 0 saturated carbocycles. The van der Waals surface area contributed by atoms with Crippen LogP contribution in [0.4, 0.5) is 10.5 Å². The van der Waals surface area contributed by atoms with Crippen LogP contribution in [0, 0.1) is 20.8 Å². The summed E-state index contributed by atoms with van der Waals surface area (Å²) in [6.45, 7) is 6.69. The van der Waals surface area contributed by atoms with Crippen molar-refractivity contribution in [1.82, 2.24) is 19.8 Å². The third-order valence-corrected chi connectivity index (χ3v) is 6.13. The van der Waals surface area contributed by atoms with Crippen LogP contribution in [-0.4, -0.2) is 37.3 Å². The Balaban J connectivity index is 1.47. The third kappa shape index (κ3) is 6.40. The summed E-state index contributed by atoms with van der Waals surface area (Å²) in [5, 5.41) is 9.87. The molecule has 0 spiro atoms. The number of nitrogens with zero attached hydrogens (tertiary/aromatic N) is 2. The number of rotatable bonds is 8. The summed E-state index contributed by atoms with van der Waals surface area (Å²) in [5.74, 6) is 0. The molecule has 2 aromatic carbocycles. The highest BCUT2D eigenvalue weighted by Gasteiger charge is 2.13. The van der Waals surface area contributed by atoms with E-state index in [0.29, 0.717) is 12.2 Å². The second-order valence-corrected chi connectivity index (χ2v) is 9.14. The Kier molecular flexibility index (Phi) is 7.09. The molecule has 1 aromatic heterocycles. The number of benzene rings is 2. The first-order valence-corrected chi connectivity index (χ1v) is 11.4. The van der Waals surface area contributed by atoms with Crippen LogP contribution < -0.4 is 15.4 Å². The first-order valence-electron chi connectivity index (χ1n) is 9.94. The van der Waals surface area contributed by atoms with Crippen molar-refractivity contribution in [3.05, 3.63) is 77.1 Å². The molecular formula is C22H27N5O3S. The zero-order valence-corrected chi connectivity index (χ0v) is 18.7. The quantitative estimate of drug-likeness (QED) is 0.467. The molecule has 8 nitrogen and oxygen atoms in total. The predicted molar refractivity (Wildman–Crippen MR) is 121 cm³/mol. The second-order valence-electron chi connectivity index (χ2n) is 7.38. The number of carbonyl (C=O) groups is 1. The fourth-order valence-electron chi connectivity index (χ4n) is 3.09. The van der Waals surface area contributed by atoms with E-state index in [9.17, 15) is 13.2 Å². The number of aromatic nitrogens is 2. The van der Waals surface area contributed by atoms with E-state index in [0.717, 1.165) is 22.5 Å². The van der Waals surface area contributed by atoms with Crippen LogP contribution in [0.25, 0.3) is 0 Å². The Morgan fingerprint density at radius 1 is 1.00 bits per heavy atom. The van der Waals surface area contributed by atoms with Crippen molar-refractivity contribution in [2.24, 2.45) is 0 Å². The van der Waals surface area contributed by atoms with E-state index in [-0.39, 0.29) is 18.0 Å². The van der Waals surface area contributed by atoms with Gasteiger partial charge in [-0.3, -0.25) is 4.68 Å². The molecule has 1 heterocycles. The topological polar surface area (TPSA) is 105 Å². The monoisotopic (exact) mass is 441 g/mol. The number of nitrogens with one attached hydrogen (secondary N) is 3. The van der Waals surface area contributed by atoms with Gasteiger partial charge < -0.3 is 10.6 Å². The first kappa shape index (κ1) is 22.5. The van der Waals surface area contributed by atoms with E-state index in [1.165, 1.54) is 0 Å². The normalized spacial score (nSPS) is 11.3. The number of amides is 2. The minimum Gasteiger partial charge on any atom is -0.337 e. The third-order valence-electron chi connectivity index (χ3n) is 4.65. The van der Waals surface area contributed by atoms with E-state index in [1.54, 1.807) is 30.3 Å². The number of sulfonamides is 1. The van der Waals surface area contributed by atoms with E-state index < -0.39 is 16.1 Å². The van der Waals surface area contributed by atoms with Crippen LogP contribution in [0.5, 0.6) is 0 Å². The highest BCUT2D eigenvalue weighted by molar-refractivity contribution is 7.89. The maximum atomic E-state index is 12.2. The summed E-state index contributed by atoms with van der Waals surface area (Å²) in [4.78, 5) is 12.4. The van der Waals surface area contributed by atoms with Gasteiger partial charge in [-0.05, 0) is 56.7 Å². The lowest BCUT2D eigenvalue weighted by molar-refractivity contribution is 0.252. The predicted octanol–water partition coefficient (Wildman–Crippen LogP) is 2.96. The SMILES string of the molecule is Cc1ccc(S(=O)(=O)NCCNC(=O)Nc2cccc(Cn3nc(C)cc3C)c2)cc1. The van der Waals surface area contributed by atoms with Crippen LogP contribution in [-0.2, 0) is 16.6 Å². The lowest BCUT2D eigenvalue weighted by Crippen LogP contribution is -2.36. The van der Waals surface area contributed by atoms with Crippen LogP contribution in [0.3, 0.4) is 0 Å². The minimum atomic E-state index is -3.60. The van der Waals surface area contributed by atoms with Gasteiger partial charge in [0.2, 0.25) is 10.0 Å². The highest BCUT2D eigenvalue weighted by atomic mass is 32.2. The smallest absolute Gasteiger partial charge is 0.319 e. The molecule has 0 aliphatic rings. The molecule has 164 valence electrons. The second kappa shape index (κ2) is 9.76. The van der Waals surface area contributed by atoms with Gasteiger partial charge in [-0.25, -0.2) is 17.9 Å². The highest BCUT2D eigenvalue weighted by Crippen LogP contribution is 2.13. The molecule has 0 unspecified atom stereocenters. The first-order chi connectivity index (χ1) is 14.7. The Morgan fingerprint density at radius 2 is 1.74 bits per heavy atom. The van der Waals surface area contributed by atoms with Gasteiger partial charge in [-0.15, -0.1) is 0 Å². The molecule has 0 radical (unpaired) electrons. The molecule has 3 rings (SSSR count). The molecule has 0 bridgehead atoms.